The van der Waals surface area contributed by atoms with E-state index in [-0.39, 0.29) is 21.3 Å². The van der Waals surface area contributed by atoms with Crippen LogP contribution in [0, 0.1) is 12.7 Å². The van der Waals surface area contributed by atoms with Gasteiger partial charge in [-0.05, 0) is 28.9 Å². The summed E-state index contributed by atoms with van der Waals surface area (Å²) in [5.41, 5.74) is -0.0951. The second-order valence-electron chi connectivity index (χ2n) is 3.01. The number of carboxylic acids is 1. The van der Waals surface area contributed by atoms with Crippen LogP contribution in [-0.4, -0.2) is 24.0 Å². The Balaban J connectivity index is 3.51. The average molecular weight is 291 g/mol. The van der Waals surface area contributed by atoms with Gasteiger partial charge in [-0.1, -0.05) is 0 Å². The first kappa shape index (κ1) is 12.6. The van der Waals surface area contributed by atoms with Crippen LogP contribution in [-0.2, 0) is 4.79 Å². The Morgan fingerprint density at radius 2 is 2.06 bits per heavy atom. The quantitative estimate of drug-likeness (QED) is 0.684. The second kappa shape index (κ2) is 4.61. The lowest BCUT2D eigenvalue weighted by atomic mass is 10.1. The van der Waals surface area contributed by atoms with Gasteiger partial charge in [0.2, 0.25) is 0 Å². The highest BCUT2D eigenvalue weighted by Gasteiger charge is 2.23. The number of rotatable bonds is 3. The first-order valence-electron chi connectivity index (χ1n) is 4.20. The van der Waals surface area contributed by atoms with Crippen molar-refractivity contribution in [2.75, 3.05) is 7.11 Å². The molecule has 0 aliphatic rings. The fourth-order valence-electron chi connectivity index (χ4n) is 1.28. The van der Waals surface area contributed by atoms with Crippen LogP contribution in [0.15, 0.2) is 10.5 Å². The molecule has 0 bridgehead atoms. The highest BCUT2D eigenvalue weighted by Crippen LogP contribution is 2.31. The van der Waals surface area contributed by atoms with Gasteiger partial charge in [0.25, 0.3) is 5.78 Å². The Hall–Kier alpha value is -1.43. The van der Waals surface area contributed by atoms with Gasteiger partial charge >= 0.3 is 5.97 Å². The summed E-state index contributed by atoms with van der Waals surface area (Å²) in [6.45, 7) is 1.40. The van der Waals surface area contributed by atoms with Crippen molar-refractivity contribution < 1.29 is 23.8 Å². The van der Waals surface area contributed by atoms with Crippen LogP contribution in [0.5, 0.6) is 5.75 Å². The number of aliphatic carboxylic acids is 1. The van der Waals surface area contributed by atoms with E-state index in [0.717, 1.165) is 6.07 Å². The lowest BCUT2D eigenvalue weighted by molar-refractivity contribution is -0.131. The molecular formula is C10H8BrFO4. The van der Waals surface area contributed by atoms with Gasteiger partial charge in [-0.2, -0.15) is 0 Å². The molecule has 0 radical (unpaired) electrons. The van der Waals surface area contributed by atoms with E-state index in [0.29, 0.717) is 0 Å². The second-order valence-corrected chi connectivity index (χ2v) is 3.87. The first-order chi connectivity index (χ1) is 7.40. The fourth-order valence-corrected chi connectivity index (χ4v) is 1.81. The van der Waals surface area contributed by atoms with Crippen LogP contribution >= 0.6 is 15.9 Å². The minimum Gasteiger partial charge on any atom is -0.496 e. The molecule has 0 aromatic heterocycles. The van der Waals surface area contributed by atoms with Crippen molar-refractivity contribution in [2.45, 2.75) is 6.92 Å². The molecule has 0 spiro atoms. The molecule has 4 nitrogen and oxygen atoms in total. The lowest BCUT2D eigenvalue weighted by Gasteiger charge is -2.11. The van der Waals surface area contributed by atoms with Crippen molar-refractivity contribution in [1.82, 2.24) is 0 Å². The largest absolute Gasteiger partial charge is 0.496 e. The van der Waals surface area contributed by atoms with E-state index in [1.807, 2.05) is 0 Å². The Morgan fingerprint density at radius 1 is 1.50 bits per heavy atom. The summed E-state index contributed by atoms with van der Waals surface area (Å²) in [6.07, 6.45) is 0. The number of carbonyl (C=O) groups is 2. The predicted molar refractivity (Wildman–Crippen MR) is 57.4 cm³/mol. The van der Waals surface area contributed by atoms with Gasteiger partial charge in [0.15, 0.2) is 0 Å². The van der Waals surface area contributed by atoms with Crippen LogP contribution in [0.1, 0.15) is 15.9 Å². The van der Waals surface area contributed by atoms with Gasteiger partial charge in [0.1, 0.15) is 11.6 Å². The van der Waals surface area contributed by atoms with E-state index in [1.54, 1.807) is 0 Å². The van der Waals surface area contributed by atoms with E-state index in [2.05, 4.69) is 15.9 Å². The third-order valence-electron chi connectivity index (χ3n) is 2.04. The van der Waals surface area contributed by atoms with E-state index >= 15 is 0 Å². The van der Waals surface area contributed by atoms with Gasteiger partial charge in [-0.15, -0.1) is 0 Å². The number of ether oxygens (including phenoxy) is 1. The molecule has 1 aromatic rings. The molecule has 0 heterocycles. The van der Waals surface area contributed by atoms with Crippen molar-refractivity contribution in [3.8, 4) is 5.75 Å². The molecule has 6 heteroatoms. The zero-order valence-corrected chi connectivity index (χ0v) is 10.1. The molecule has 1 N–H and O–H groups in total. The number of hydrogen-bond donors (Lipinski definition) is 1. The normalized spacial score (nSPS) is 10.0. The highest BCUT2D eigenvalue weighted by atomic mass is 79.9. The summed E-state index contributed by atoms with van der Waals surface area (Å²) in [4.78, 5) is 21.9. The topological polar surface area (TPSA) is 63.6 Å². The third-order valence-corrected chi connectivity index (χ3v) is 2.62. The number of halogens is 2. The maximum absolute atomic E-state index is 13.4. The molecular weight excluding hydrogens is 283 g/mol. The van der Waals surface area contributed by atoms with Gasteiger partial charge in [0, 0.05) is 5.56 Å². The number of benzene rings is 1. The van der Waals surface area contributed by atoms with E-state index in [1.165, 1.54) is 14.0 Å². The summed E-state index contributed by atoms with van der Waals surface area (Å²) in [7, 11) is 1.24. The molecule has 0 aliphatic heterocycles. The summed E-state index contributed by atoms with van der Waals surface area (Å²) in [5, 5.41) is 8.59. The van der Waals surface area contributed by atoms with Crippen molar-refractivity contribution in [3.63, 3.8) is 0 Å². The molecule has 0 amide bonds. The highest BCUT2D eigenvalue weighted by molar-refractivity contribution is 9.10. The standard InChI is InChI=1S/C10H8BrFO4/c1-4-7(12)6(11)3-5(9(4)16-2)8(13)10(14)15/h3H,1-2H3,(H,14,15). The Kier molecular flexibility index (Phi) is 3.64. The molecule has 0 saturated heterocycles. The average Bonchev–Trinajstić information content (AvgIpc) is 2.24. The SMILES string of the molecule is COc1c(C(=O)C(=O)O)cc(Br)c(F)c1C. The monoisotopic (exact) mass is 290 g/mol. The smallest absolute Gasteiger partial charge is 0.377 e. The summed E-state index contributed by atoms with van der Waals surface area (Å²) < 4.78 is 18.3. The molecule has 0 atom stereocenters. The fraction of sp³-hybridized carbons (Fsp3) is 0.200. The molecule has 1 aromatic carbocycles. The van der Waals surface area contributed by atoms with Crippen molar-refractivity contribution >= 4 is 27.7 Å². The maximum atomic E-state index is 13.4. The van der Waals surface area contributed by atoms with Gasteiger partial charge in [-0.3, -0.25) is 4.79 Å². The minimum atomic E-state index is -1.61. The van der Waals surface area contributed by atoms with Crippen molar-refractivity contribution in [2.24, 2.45) is 0 Å². The van der Waals surface area contributed by atoms with Crippen LogP contribution in [0.2, 0.25) is 0 Å². The van der Waals surface area contributed by atoms with E-state index in [9.17, 15) is 14.0 Å². The zero-order chi connectivity index (χ0) is 12.5. The molecule has 0 aliphatic carbocycles. The van der Waals surface area contributed by atoms with Gasteiger partial charge in [0.05, 0.1) is 17.1 Å². The van der Waals surface area contributed by atoms with Crippen LogP contribution in [0.25, 0.3) is 0 Å². The number of methoxy groups -OCH3 is 1. The van der Waals surface area contributed by atoms with Crippen LogP contribution in [0.4, 0.5) is 4.39 Å². The number of ketones is 1. The predicted octanol–water partition coefficient (Wildman–Crippen LogP) is 2.17. The minimum absolute atomic E-state index is 0.0235. The Labute approximate surface area is 99.2 Å². The Morgan fingerprint density at radius 3 is 2.50 bits per heavy atom. The van der Waals surface area contributed by atoms with Gasteiger partial charge in [-0.25, -0.2) is 9.18 Å². The zero-order valence-electron chi connectivity index (χ0n) is 8.51. The van der Waals surface area contributed by atoms with Crippen LogP contribution in [0.3, 0.4) is 0 Å². The van der Waals surface area contributed by atoms with Gasteiger partial charge < -0.3 is 9.84 Å². The van der Waals surface area contributed by atoms with Crippen molar-refractivity contribution in [1.29, 1.82) is 0 Å². The molecule has 0 saturated carbocycles. The number of carboxylic acid groups (broad SMARTS) is 1. The van der Waals surface area contributed by atoms with E-state index < -0.39 is 17.6 Å². The molecule has 86 valence electrons. The number of Topliss-reactive ketones (excluding diaryl/α,β-unsaturated/α-hetero) is 1. The van der Waals surface area contributed by atoms with Crippen molar-refractivity contribution in [3.05, 3.63) is 27.5 Å². The summed E-state index contributed by atoms with van der Waals surface area (Å²) in [6, 6.07) is 1.09. The lowest BCUT2D eigenvalue weighted by Crippen LogP contribution is -2.15. The molecule has 0 fully saturated rings. The Bertz CT molecular complexity index is 470. The van der Waals surface area contributed by atoms with E-state index in [4.69, 9.17) is 9.84 Å². The number of hydrogen-bond acceptors (Lipinski definition) is 3. The summed E-state index contributed by atoms with van der Waals surface area (Å²) >= 11 is 2.90. The maximum Gasteiger partial charge on any atom is 0.377 e. The third kappa shape index (κ3) is 2.06. The number of carbonyl (C=O) groups excluding carboxylic acids is 1. The summed E-state index contributed by atoms with van der Waals surface area (Å²) in [5.74, 6) is -3.40. The first-order valence-corrected chi connectivity index (χ1v) is 4.99. The molecule has 0 unspecified atom stereocenters. The molecule has 16 heavy (non-hydrogen) atoms. The molecule has 1 rings (SSSR count). The van der Waals surface area contributed by atoms with Crippen LogP contribution < -0.4 is 4.74 Å².